The van der Waals surface area contributed by atoms with Crippen LogP contribution in [0, 0.1) is 0 Å². The molecular formula is C16H16N2OS. The van der Waals surface area contributed by atoms with Crippen LogP contribution in [-0.4, -0.2) is 18.2 Å². The number of carbonyl (C=O) groups excluding carboxylic acids is 1. The van der Waals surface area contributed by atoms with Crippen molar-refractivity contribution in [3.05, 3.63) is 54.1 Å². The van der Waals surface area contributed by atoms with Crippen molar-refractivity contribution in [2.24, 2.45) is 0 Å². The van der Waals surface area contributed by atoms with Crippen molar-refractivity contribution in [3.8, 4) is 0 Å². The quantitative estimate of drug-likeness (QED) is 0.696. The van der Waals surface area contributed by atoms with E-state index in [-0.39, 0.29) is 5.91 Å². The van der Waals surface area contributed by atoms with Crippen molar-refractivity contribution < 1.29 is 4.79 Å². The van der Waals surface area contributed by atoms with Crippen LogP contribution in [0.4, 0.5) is 11.4 Å². The lowest BCUT2D eigenvalue weighted by Gasteiger charge is -2.17. The van der Waals surface area contributed by atoms with E-state index < -0.39 is 0 Å². The smallest absolute Gasteiger partial charge is 0.237 e. The second kappa shape index (κ2) is 5.59. The summed E-state index contributed by atoms with van der Waals surface area (Å²) in [6.45, 7) is 0.792. The number of nitrogen functional groups attached to an aromatic ring is 1. The highest BCUT2D eigenvalue weighted by Gasteiger charge is 2.23. The van der Waals surface area contributed by atoms with Crippen LogP contribution in [0.1, 0.15) is 5.56 Å². The van der Waals surface area contributed by atoms with Gasteiger partial charge in [-0.3, -0.25) is 4.79 Å². The summed E-state index contributed by atoms with van der Waals surface area (Å²) in [5.41, 5.74) is 8.72. The number of anilines is 2. The van der Waals surface area contributed by atoms with Gasteiger partial charge in [-0.05, 0) is 42.3 Å². The van der Waals surface area contributed by atoms with Crippen molar-refractivity contribution in [2.45, 2.75) is 11.3 Å². The highest BCUT2D eigenvalue weighted by molar-refractivity contribution is 8.00. The van der Waals surface area contributed by atoms with E-state index in [1.54, 1.807) is 11.8 Å². The van der Waals surface area contributed by atoms with E-state index in [9.17, 15) is 4.79 Å². The highest BCUT2D eigenvalue weighted by atomic mass is 32.2. The fourth-order valence-corrected chi connectivity index (χ4v) is 3.16. The van der Waals surface area contributed by atoms with E-state index in [0.29, 0.717) is 5.75 Å². The first-order valence-electron chi connectivity index (χ1n) is 6.60. The van der Waals surface area contributed by atoms with Crippen LogP contribution in [0.5, 0.6) is 0 Å². The molecule has 1 heterocycles. The Kier molecular flexibility index (Phi) is 3.65. The lowest BCUT2D eigenvalue weighted by Crippen LogP contribution is -2.30. The van der Waals surface area contributed by atoms with Gasteiger partial charge in [0.2, 0.25) is 5.91 Å². The molecule has 0 saturated heterocycles. The molecule has 0 unspecified atom stereocenters. The van der Waals surface area contributed by atoms with Gasteiger partial charge >= 0.3 is 0 Å². The molecule has 0 aliphatic carbocycles. The van der Waals surface area contributed by atoms with Crippen LogP contribution in [0.3, 0.4) is 0 Å². The van der Waals surface area contributed by atoms with Crippen LogP contribution in [0.15, 0.2) is 53.4 Å². The molecule has 0 atom stereocenters. The summed E-state index contributed by atoms with van der Waals surface area (Å²) < 4.78 is 0. The molecule has 1 aliphatic rings. The summed E-state index contributed by atoms with van der Waals surface area (Å²) in [7, 11) is 0. The van der Waals surface area contributed by atoms with Crippen molar-refractivity contribution in [2.75, 3.05) is 22.9 Å². The van der Waals surface area contributed by atoms with Gasteiger partial charge in [0.1, 0.15) is 0 Å². The standard InChI is InChI=1S/C16H16N2OS/c17-13-5-7-14(8-6-13)20-11-16(19)18-10-9-12-3-1-2-4-15(12)18/h1-8H,9-11,17H2. The number of amides is 1. The second-order valence-electron chi connectivity index (χ2n) is 4.78. The molecular weight excluding hydrogens is 268 g/mol. The minimum atomic E-state index is 0.164. The largest absolute Gasteiger partial charge is 0.399 e. The number of fused-ring (bicyclic) bond motifs is 1. The molecule has 0 bridgehead atoms. The Labute approximate surface area is 122 Å². The molecule has 4 heteroatoms. The van der Waals surface area contributed by atoms with E-state index >= 15 is 0 Å². The zero-order valence-corrected chi connectivity index (χ0v) is 11.9. The first-order chi connectivity index (χ1) is 9.74. The number of benzene rings is 2. The van der Waals surface area contributed by atoms with Gasteiger partial charge in [-0.2, -0.15) is 0 Å². The third-order valence-corrected chi connectivity index (χ3v) is 4.43. The van der Waals surface area contributed by atoms with Gasteiger partial charge < -0.3 is 10.6 Å². The molecule has 1 aliphatic heterocycles. The molecule has 0 spiro atoms. The van der Waals surface area contributed by atoms with E-state index in [0.717, 1.165) is 29.2 Å². The molecule has 1 amide bonds. The van der Waals surface area contributed by atoms with Gasteiger partial charge in [-0.25, -0.2) is 0 Å². The zero-order chi connectivity index (χ0) is 13.9. The Morgan fingerprint density at radius 3 is 2.70 bits per heavy atom. The van der Waals surface area contributed by atoms with E-state index in [1.807, 2.05) is 47.4 Å². The van der Waals surface area contributed by atoms with E-state index in [4.69, 9.17) is 5.73 Å². The predicted molar refractivity (Wildman–Crippen MR) is 84.1 cm³/mol. The summed E-state index contributed by atoms with van der Waals surface area (Å²) >= 11 is 1.55. The SMILES string of the molecule is Nc1ccc(SCC(=O)N2CCc3ccccc32)cc1. The molecule has 0 aromatic heterocycles. The van der Waals surface area contributed by atoms with E-state index in [1.165, 1.54) is 5.56 Å². The van der Waals surface area contributed by atoms with Gasteiger partial charge in [0.05, 0.1) is 5.75 Å². The van der Waals surface area contributed by atoms with Crippen LogP contribution < -0.4 is 10.6 Å². The summed E-state index contributed by atoms with van der Waals surface area (Å²) in [5.74, 6) is 0.620. The Bertz CT molecular complexity index is 625. The zero-order valence-electron chi connectivity index (χ0n) is 11.1. The van der Waals surface area contributed by atoms with Crippen LogP contribution in [0.2, 0.25) is 0 Å². The Morgan fingerprint density at radius 2 is 1.90 bits per heavy atom. The first kappa shape index (κ1) is 13.1. The normalized spacial score (nSPS) is 13.3. The first-order valence-corrected chi connectivity index (χ1v) is 7.59. The van der Waals surface area contributed by atoms with Crippen molar-refractivity contribution in [1.82, 2.24) is 0 Å². The second-order valence-corrected chi connectivity index (χ2v) is 5.83. The monoisotopic (exact) mass is 284 g/mol. The molecule has 3 rings (SSSR count). The third-order valence-electron chi connectivity index (χ3n) is 3.43. The highest BCUT2D eigenvalue weighted by Crippen LogP contribution is 2.29. The third kappa shape index (κ3) is 2.65. The number of para-hydroxylation sites is 1. The van der Waals surface area contributed by atoms with Crippen LogP contribution in [-0.2, 0) is 11.2 Å². The molecule has 2 N–H and O–H groups in total. The van der Waals surface area contributed by atoms with Gasteiger partial charge in [0.25, 0.3) is 0 Å². The molecule has 0 saturated carbocycles. The molecule has 0 radical (unpaired) electrons. The lowest BCUT2D eigenvalue weighted by molar-refractivity contribution is -0.116. The lowest BCUT2D eigenvalue weighted by atomic mass is 10.2. The fraction of sp³-hybridized carbons (Fsp3) is 0.188. The van der Waals surface area contributed by atoms with Gasteiger partial charge in [0.15, 0.2) is 0 Å². The van der Waals surface area contributed by atoms with Crippen molar-refractivity contribution >= 4 is 29.0 Å². The number of hydrogen-bond donors (Lipinski definition) is 1. The number of carbonyl (C=O) groups is 1. The van der Waals surface area contributed by atoms with Crippen molar-refractivity contribution in [1.29, 1.82) is 0 Å². The van der Waals surface area contributed by atoms with Gasteiger partial charge in [-0.1, -0.05) is 18.2 Å². The summed E-state index contributed by atoms with van der Waals surface area (Å²) in [4.78, 5) is 15.3. The van der Waals surface area contributed by atoms with Gasteiger partial charge in [0, 0.05) is 22.8 Å². The Balaban J connectivity index is 1.65. The maximum absolute atomic E-state index is 12.3. The van der Waals surface area contributed by atoms with E-state index in [2.05, 4.69) is 6.07 Å². The topological polar surface area (TPSA) is 46.3 Å². The molecule has 2 aromatic carbocycles. The number of rotatable bonds is 3. The number of hydrogen-bond acceptors (Lipinski definition) is 3. The summed E-state index contributed by atoms with van der Waals surface area (Å²) in [6.07, 6.45) is 0.953. The Morgan fingerprint density at radius 1 is 1.15 bits per heavy atom. The average molecular weight is 284 g/mol. The van der Waals surface area contributed by atoms with Gasteiger partial charge in [-0.15, -0.1) is 11.8 Å². The Hall–Kier alpha value is -1.94. The fourth-order valence-electron chi connectivity index (χ4n) is 2.38. The molecule has 2 aromatic rings. The number of nitrogens with two attached hydrogens (primary N) is 1. The minimum absolute atomic E-state index is 0.164. The number of nitrogens with zero attached hydrogens (tertiary/aromatic N) is 1. The van der Waals surface area contributed by atoms with Crippen LogP contribution >= 0.6 is 11.8 Å². The maximum Gasteiger partial charge on any atom is 0.237 e. The van der Waals surface area contributed by atoms with Crippen molar-refractivity contribution in [3.63, 3.8) is 0 Å². The minimum Gasteiger partial charge on any atom is -0.399 e. The number of thioether (sulfide) groups is 1. The maximum atomic E-state index is 12.3. The molecule has 3 nitrogen and oxygen atoms in total. The predicted octanol–water partition coefficient (Wildman–Crippen LogP) is 2.95. The average Bonchev–Trinajstić information content (AvgIpc) is 2.90. The van der Waals surface area contributed by atoms with Crippen LogP contribution in [0.25, 0.3) is 0 Å². The molecule has 0 fully saturated rings. The molecule has 20 heavy (non-hydrogen) atoms. The summed E-state index contributed by atoms with van der Waals surface area (Å²) in [6, 6.07) is 15.7. The summed E-state index contributed by atoms with van der Waals surface area (Å²) in [5, 5.41) is 0. The molecule has 102 valence electrons.